The first-order valence-corrected chi connectivity index (χ1v) is 11.5. The van der Waals surface area contributed by atoms with E-state index in [0.717, 1.165) is 57.6 Å². The molecular weight excluding hydrogens is 420 g/mol. The summed E-state index contributed by atoms with van der Waals surface area (Å²) in [6, 6.07) is 13.6. The number of hydrogen-bond donors (Lipinski definition) is 1. The molecule has 0 saturated carbocycles. The number of aromatic hydroxyl groups is 1. The van der Waals surface area contributed by atoms with E-state index in [1.54, 1.807) is 6.07 Å². The third-order valence-corrected chi connectivity index (χ3v) is 6.63. The first-order chi connectivity index (χ1) is 15.5. The molecule has 0 unspecified atom stereocenters. The van der Waals surface area contributed by atoms with Crippen molar-refractivity contribution in [3.63, 3.8) is 0 Å². The topological polar surface area (TPSA) is 64.3 Å². The molecule has 0 bridgehead atoms. The minimum Gasteiger partial charge on any atom is -0.507 e. The molecule has 5 nitrogen and oxygen atoms in total. The Balaban J connectivity index is 1.83. The second kappa shape index (κ2) is 9.40. The van der Waals surface area contributed by atoms with Gasteiger partial charge in [0.05, 0.1) is 29.5 Å². The zero-order valence-corrected chi connectivity index (χ0v) is 19.1. The molecule has 0 aliphatic rings. The average Bonchev–Trinajstić information content (AvgIpc) is 3.45. The molecule has 4 aromatic rings. The van der Waals surface area contributed by atoms with Crippen LogP contribution in [0.4, 0.5) is 0 Å². The first kappa shape index (κ1) is 21.8. The highest BCUT2D eigenvalue weighted by Gasteiger charge is 2.21. The average molecular weight is 447 g/mol. The summed E-state index contributed by atoms with van der Waals surface area (Å²) in [5.74, 6) is 0.839. The lowest BCUT2D eigenvalue weighted by atomic mass is 10.0. The monoisotopic (exact) mass is 446 g/mol. The predicted molar refractivity (Wildman–Crippen MR) is 130 cm³/mol. The fourth-order valence-electron chi connectivity index (χ4n) is 3.95. The number of esters is 1. The van der Waals surface area contributed by atoms with Gasteiger partial charge >= 0.3 is 5.97 Å². The number of unbranched alkanes of at least 4 members (excludes halogenated alkanes) is 1. The normalized spacial score (nSPS) is 11.1. The van der Waals surface area contributed by atoms with Crippen LogP contribution in [-0.4, -0.2) is 27.7 Å². The van der Waals surface area contributed by atoms with Gasteiger partial charge in [0.25, 0.3) is 0 Å². The van der Waals surface area contributed by atoms with Crippen LogP contribution in [0, 0.1) is 0 Å². The van der Waals surface area contributed by atoms with E-state index in [4.69, 9.17) is 9.72 Å². The van der Waals surface area contributed by atoms with Gasteiger partial charge in [-0.3, -0.25) is 0 Å². The molecule has 0 radical (unpaired) electrons. The molecule has 0 atom stereocenters. The highest BCUT2D eigenvalue weighted by Crippen LogP contribution is 2.35. The number of imidazole rings is 1. The molecule has 0 saturated heterocycles. The Morgan fingerprint density at radius 1 is 1.19 bits per heavy atom. The number of phenols is 1. The molecule has 1 N–H and O–H groups in total. The number of aryl methyl sites for hydroxylation is 1. The Bertz CT molecular complexity index is 1290. The Kier molecular flexibility index (Phi) is 6.42. The first-order valence-electron chi connectivity index (χ1n) is 10.6. The summed E-state index contributed by atoms with van der Waals surface area (Å²) in [6.07, 6.45) is 4.86. The molecule has 0 aliphatic heterocycles. The van der Waals surface area contributed by atoms with Gasteiger partial charge in [0, 0.05) is 23.9 Å². The van der Waals surface area contributed by atoms with Crippen LogP contribution in [0.1, 0.15) is 36.0 Å². The van der Waals surface area contributed by atoms with Crippen molar-refractivity contribution in [3.05, 3.63) is 76.9 Å². The SMILES string of the molecule is C=C(C(=O)OC)c1sccc1-c1cnc(CCCC)n1Cc1ccc(O)c2ccccc12. The predicted octanol–water partition coefficient (Wildman–Crippen LogP) is 6.05. The van der Waals surface area contributed by atoms with Crippen molar-refractivity contribution in [1.29, 1.82) is 0 Å². The standard InChI is InChI=1S/C26H26N2O3S/c1-4-5-10-24-27-15-22(21-13-14-32-25(21)17(2)26(30)31-3)28(24)16-18-11-12-23(29)20-9-7-6-8-19(18)20/h6-9,11-15,29H,2,4-5,10,16H2,1,3H3. The van der Waals surface area contributed by atoms with E-state index in [9.17, 15) is 9.90 Å². The van der Waals surface area contributed by atoms with E-state index in [2.05, 4.69) is 18.1 Å². The third kappa shape index (κ3) is 4.06. The van der Waals surface area contributed by atoms with Gasteiger partial charge in [0.1, 0.15) is 11.6 Å². The van der Waals surface area contributed by atoms with Gasteiger partial charge in [0.2, 0.25) is 0 Å². The molecule has 0 aliphatic carbocycles. The van der Waals surface area contributed by atoms with Crippen molar-refractivity contribution >= 4 is 33.7 Å². The highest BCUT2D eigenvalue weighted by atomic mass is 32.1. The number of carbonyl (C=O) groups is 1. The van der Waals surface area contributed by atoms with E-state index in [1.807, 2.05) is 48.0 Å². The Hall–Kier alpha value is -3.38. The van der Waals surface area contributed by atoms with Crippen molar-refractivity contribution < 1.29 is 14.6 Å². The van der Waals surface area contributed by atoms with Crippen molar-refractivity contribution in [1.82, 2.24) is 9.55 Å². The number of phenolic OH excluding ortho intramolecular Hbond substituents is 1. The van der Waals surface area contributed by atoms with Crippen LogP contribution >= 0.6 is 11.3 Å². The lowest BCUT2D eigenvalue weighted by Gasteiger charge is -2.15. The summed E-state index contributed by atoms with van der Waals surface area (Å²) in [5, 5.41) is 14.1. The number of methoxy groups -OCH3 is 1. The van der Waals surface area contributed by atoms with E-state index in [1.165, 1.54) is 18.4 Å². The zero-order chi connectivity index (χ0) is 22.7. The number of nitrogens with zero attached hydrogens (tertiary/aromatic N) is 2. The molecule has 4 rings (SSSR count). The fourth-order valence-corrected chi connectivity index (χ4v) is 4.82. The second-order valence-electron chi connectivity index (χ2n) is 7.67. The van der Waals surface area contributed by atoms with Gasteiger partial charge in [-0.25, -0.2) is 9.78 Å². The fraction of sp³-hybridized carbons (Fsp3) is 0.231. The van der Waals surface area contributed by atoms with E-state index in [-0.39, 0.29) is 5.75 Å². The quantitative estimate of drug-likeness (QED) is 0.264. The lowest BCUT2D eigenvalue weighted by Crippen LogP contribution is -2.08. The van der Waals surface area contributed by atoms with Crippen molar-refractivity contribution in [3.8, 4) is 17.0 Å². The molecule has 6 heteroatoms. The van der Waals surface area contributed by atoms with Crippen LogP contribution in [0.5, 0.6) is 5.75 Å². The number of fused-ring (bicyclic) bond motifs is 1. The number of carbonyl (C=O) groups excluding carboxylic acids is 1. The van der Waals surface area contributed by atoms with Crippen LogP contribution in [0.25, 0.3) is 27.6 Å². The molecule has 2 heterocycles. The van der Waals surface area contributed by atoms with Gasteiger partial charge in [-0.05, 0) is 34.9 Å². The van der Waals surface area contributed by atoms with Crippen LogP contribution in [-0.2, 0) is 22.5 Å². The minimum atomic E-state index is -0.435. The van der Waals surface area contributed by atoms with E-state index < -0.39 is 5.97 Å². The molecule has 2 aromatic heterocycles. The summed E-state index contributed by atoms with van der Waals surface area (Å²) in [5.41, 5.74) is 3.30. The van der Waals surface area contributed by atoms with Gasteiger partial charge in [-0.1, -0.05) is 50.3 Å². The van der Waals surface area contributed by atoms with E-state index >= 15 is 0 Å². The molecule has 0 amide bonds. The summed E-state index contributed by atoms with van der Waals surface area (Å²) in [4.78, 5) is 17.7. The van der Waals surface area contributed by atoms with E-state index in [0.29, 0.717) is 12.1 Å². The van der Waals surface area contributed by atoms with Gasteiger partial charge in [-0.2, -0.15) is 0 Å². The van der Waals surface area contributed by atoms with Crippen LogP contribution in [0.15, 0.2) is 60.6 Å². The maximum absolute atomic E-state index is 12.1. The summed E-state index contributed by atoms with van der Waals surface area (Å²) >= 11 is 1.47. The van der Waals surface area contributed by atoms with Crippen LogP contribution in [0.2, 0.25) is 0 Å². The number of thiophene rings is 1. The van der Waals surface area contributed by atoms with Crippen molar-refractivity contribution in [2.45, 2.75) is 32.7 Å². The van der Waals surface area contributed by atoms with Gasteiger partial charge in [-0.15, -0.1) is 11.3 Å². The Morgan fingerprint density at radius 2 is 1.97 bits per heavy atom. The number of aromatic nitrogens is 2. The Morgan fingerprint density at radius 3 is 2.72 bits per heavy atom. The maximum atomic E-state index is 12.1. The zero-order valence-electron chi connectivity index (χ0n) is 18.3. The summed E-state index contributed by atoms with van der Waals surface area (Å²) in [6.45, 7) is 6.73. The largest absolute Gasteiger partial charge is 0.507 e. The molecule has 2 aromatic carbocycles. The van der Waals surface area contributed by atoms with Crippen molar-refractivity contribution in [2.75, 3.05) is 7.11 Å². The van der Waals surface area contributed by atoms with Crippen LogP contribution < -0.4 is 0 Å². The third-order valence-electron chi connectivity index (χ3n) is 5.66. The van der Waals surface area contributed by atoms with Gasteiger partial charge in [0.15, 0.2) is 0 Å². The Labute approximate surface area is 191 Å². The molecule has 32 heavy (non-hydrogen) atoms. The molecule has 0 fully saturated rings. The molecule has 164 valence electrons. The number of hydrogen-bond acceptors (Lipinski definition) is 5. The number of rotatable bonds is 8. The van der Waals surface area contributed by atoms with Crippen LogP contribution in [0.3, 0.4) is 0 Å². The minimum absolute atomic E-state index is 0.274. The number of ether oxygens (including phenoxy) is 1. The molecular formula is C26H26N2O3S. The lowest BCUT2D eigenvalue weighted by molar-refractivity contribution is -0.133. The number of benzene rings is 2. The highest BCUT2D eigenvalue weighted by molar-refractivity contribution is 7.12. The second-order valence-corrected chi connectivity index (χ2v) is 8.59. The summed E-state index contributed by atoms with van der Waals surface area (Å²) < 4.78 is 7.11. The smallest absolute Gasteiger partial charge is 0.338 e. The summed E-state index contributed by atoms with van der Waals surface area (Å²) in [7, 11) is 1.36. The van der Waals surface area contributed by atoms with Crippen molar-refractivity contribution in [2.24, 2.45) is 0 Å². The molecule has 0 spiro atoms. The maximum Gasteiger partial charge on any atom is 0.338 e. The van der Waals surface area contributed by atoms with Gasteiger partial charge < -0.3 is 14.4 Å².